The van der Waals surface area contributed by atoms with Crippen LogP contribution in [-0.2, 0) is 4.79 Å². The summed E-state index contributed by atoms with van der Waals surface area (Å²) in [5.41, 5.74) is 1.40. The number of nitro groups is 2. The first kappa shape index (κ1) is 24.0. The third-order valence-corrected chi connectivity index (χ3v) is 6.16. The first-order valence-electron chi connectivity index (χ1n) is 9.95. The van der Waals surface area contributed by atoms with Crippen molar-refractivity contribution in [1.29, 1.82) is 0 Å². The molecule has 11 nitrogen and oxygen atoms in total. The van der Waals surface area contributed by atoms with Crippen LogP contribution < -0.4 is 10.1 Å². The number of anilines is 1. The summed E-state index contributed by atoms with van der Waals surface area (Å²) in [6.07, 6.45) is 0. The van der Waals surface area contributed by atoms with Crippen molar-refractivity contribution in [1.82, 2.24) is 9.55 Å². The Morgan fingerprint density at radius 3 is 2.60 bits per heavy atom. The number of hydrogen-bond donors (Lipinski definition) is 1. The molecule has 0 saturated carbocycles. The van der Waals surface area contributed by atoms with Gasteiger partial charge in [0.2, 0.25) is 5.91 Å². The molecular formula is C22H16ClN5O6S. The van der Waals surface area contributed by atoms with E-state index in [1.165, 1.54) is 37.4 Å². The average Bonchev–Trinajstić information content (AvgIpc) is 3.21. The van der Waals surface area contributed by atoms with E-state index in [-0.39, 0.29) is 27.8 Å². The molecular weight excluding hydrogens is 498 g/mol. The van der Waals surface area contributed by atoms with Gasteiger partial charge in [-0.2, -0.15) is 0 Å². The number of carbonyl (C=O) groups excluding carboxylic acids is 1. The third kappa shape index (κ3) is 5.03. The summed E-state index contributed by atoms with van der Waals surface area (Å²) in [6, 6.07) is 15.5. The molecule has 0 saturated heterocycles. The van der Waals surface area contributed by atoms with Crippen LogP contribution in [0.25, 0.3) is 16.7 Å². The third-order valence-electron chi connectivity index (χ3n) is 4.90. The van der Waals surface area contributed by atoms with E-state index in [0.29, 0.717) is 27.6 Å². The number of amides is 1. The smallest absolute Gasteiger partial charge is 0.289 e. The second-order valence-electron chi connectivity index (χ2n) is 7.09. The van der Waals surface area contributed by atoms with Gasteiger partial charge in [0.15, 0.2) is 5.16 Å². The largest absolute Gasteiger partial charge is 0.495 e. The van der Waals surface area contributed by atoms with Gasteiger partial charge in [0.1, 0.15) is 10.8 Å². The number of hydrogen-bond acceptors (Lipinski definition) is 8. The minimum atomic E-state index is -0.637. The number of halogens is 1. The molecule has 0 aliphatic carbocycles. The highest BCUT2D eigenvalue weighted by Crippen LogP contribution is 2.34. The number of benzene rings is 3. The maximum absolute atomic E-state index is 12.6. The first-order valence-corrected chi connectivity index (χ1v) is 11.3. The van der Waals surface area contributed by atoms with Crippen LogP contribution in [0.15, 0.2) is 65.8 Å². The van der Waals surface area contributed by atoms with E-state index in [9.17, 15) is 25.0 Å². The van der Waals surface area contributed by atoms with Gasteiger partial charge < -0.3 is 10.1 Å². The second kappa shape index (κ2) is 9.99. The lowest BCUT2D eigenvalue weighted by Gasteiger charge is -2.13. The van der Waals surface area contributed by atoms with Crippen molar-refractivity contribution in [2.75, 3.05) is 18.2 Å². The molecule has 1 N–H and O–H groups in total. The molecule has 0 radical (unpaired) electrons. The maximum Gasteiger partial charge on any atom is 0.289 e. The van der Waals surface area contributed by atoms with Crippen molar-refractivity contribution < 1.29 is 19.4 Å². The van der Waals surface area contributed by atoms with Crippen LogP contribution >= 0.6 is 23.4 Å². The van der Waals surface area contributed by atoms with Crippen LogP contribution in [0.3, 0.4) is 0 Å². The van der Waals surface area contributed by atoms with Gasteiger partial charge in [-0.15, -0.1) is 0 Å². The number of nitrogens with zero attached hydrogens (tertiary/aromatic N) is 4. The topological polar surface area (TPSA) is 142 Å². The summed E-state index contributed by atoms with van der Waals surface area (Å²) in [4.78, 5) is 38.3. The second-order valence-corrected chi connectivity index (χ2v) is 8.44. The number of nitrogens with one attached hydrogen (secondary N) is 1. The summed E-state index contributed by atoms with van der Waals surface area (Å²) >= 11 is 6.91. The quantitative estimate of drug-likeness (QED) is 0.191. The zero-order valence-corrected chi connectivity index (χ0v) is 19.6. The number of aromatic nitrogens is 2. The van der Waals surface area contributed by atoms with Crippen LogP contribution in [0.2, 0.25) is 5.02 Å². The Balaban J connectivity index is 1.65. The van der Waals surface area contributed by atoms with Crippen LogP contribution in [-0.4, -0.2) is 38.2 Å². The summed E-state index contributed by atoms with van der Waals surface area (Å²) in [6.45, 7) is 0. The van der Waals surface area contributed by atoms with Crippen molar-refractivity contribution >= 4 is 57.4 Å². The van der Waals surface area contributed by atoms with Gasteiger partial charge in [0, 0.05) is 23.9 Å². The number of methoxy groups -OCH3 is 1. The zero-order chi connectivity index (χ0) is 25.1. The van der Waals surface area contributed by atoms with Crippen LogP contribution in [0.5, 0.6) is 5.75 Å². The molecule has 178 valence electrons. The predicted molar refractivity (Wildman–Crippen MR) is 132 cm³/mol. The molecule has 0 aliphatic heterocycles. The summed E-state index contributed by atoms with van der Waals surface area (Å²) < 4.78 is 7.22. The monoisotopic (exact) mass is 513 g/mol. The van der Waals surface area contributed by atoms with Gasteiger partial charge in [-0.05, 0) is 30.3 Å². The molecule has 4 aromatic rings. The summed E-state index contributed by atoms with van der Waals surface area (Å²) in [5.74, 6) is 0.0259. The van der Waals surface area contributed by atoms with Crippen molar-refractivity contribution in [2.24, 2.45) is 0 Å². The molecule has 1 heterocycles. The Labute approximate surface area is 207 Å². The Bertz CT molecular complexity index is 1470. The number of para-hydroxylation sites is 2. The molecule has 0 spiro atoms. The van der Waals surface area contributed by atoms with E-state index in [1.54, 1.807) is 28.8 Å². The highest BCUT2D eigenvalue weighted by Gasteiger charge is 2.20. The molecule has 13 heteroatoms. The Hall–Kier alpha value is -4.16. The SMILES string of the molecule is COc1ccccc1-n1c(SCC(=O)Nc2ccc(Cl)c([N+](=O)[O-])c2)nc2cc([N+](=O)[O-])ccc21. The number of fused-ring (bicyclic) bond motifs is 1. The number of nitro benzene ring substituents is 2. The van der Waals surface area contributed by atoms with Crippen molar-refractivity contribution in [3.8, 4) is 11.4 Å². The van der Waals surface area contributed by atoms with Crippen molar-refractivity contribution in [3.63, 3.8) is 0 Å². The molecule has 3 aromatic carbocycles. The number of thioether (sulfide) groups is 1. The normalized spacial score (nSPS) is 10.8. The molecule has 0 atom stereocenters. The van der Waals surface area contributed by atoms with E-state index >= 15 is 0 Å². The minimum Gasteiger partial charge on any atom is -0.495 e. The van der Waals surface area contributed by atoms with Crippen LogP contribution in [0.1, 0.15) is 0 Å². The van der Waals surface area contributed by atoms with Gasteiger partial charge in [0.25, 0.3) is 11.4 Å². The van der Waals surface area contributed by atoms with Gasteiger partial charge >= 0.3 is 0 Å². The Kier molecular flexibility index (Phi) is 6.85. The first-order chi connectivity index (χ1) is 16.8. The predicted octanol–water partition coefficient (Wildman–Crippen LogP) is 5.23. The van der Waals surface area contributed by atoms with Crippen LogP contribution in [0, 0.1) is 20.2 Å². The Morgan fingerprint density at radius 2 is 1.89 bits per heavy atom. The van der Waals surface area contributed by atoms with Gasteiger partial charge in [-0.1, -0.05) is 35.5 Å². The standard InChI is InChI=1S/C22H16ClN5O6S/c1-34-20-5-3-2-4-18(20)26-17-9-7-14(27(30)31)11-16(17)25-22(26)35-12-21(29)24-13-6-8-15(23)19(10-13)28(32)33/h2-11H,12H2,1H3,(H,24,29). The molecule has 0 aliphatic rings. The zero-order valence-electron chi connectivity index (χ0n) is 18.0. The van der Waals surface area contributed by atoms with E-state index < -0.39 is 15.8 Å². The summed E-state index contributed by atoms with van der Waals surface area (Å²) in [7, 11) is 1.52. The minimum absolute atomic E-state index is 0.0398. The number of ether oxygens (including phenoxy) is 1. The van der Waals surface area contributed by atoms with Gasteiger partial charge in [-0.25, -0.2) is 4.98 Å². The van der Waals surface area contributed by atoms with Crippen LogP contribution in [0.4, 0.5) is 17.1 Å². The van der Waals surface area contributed by atoms with Gasteiger partial charge in [-0.3, -0.25) is 29.6 Å². The lowest BCUT2D eigenvalue weighted by molar-refractivity contribution is -0.384. The van der Waals surface area contributed by atoms with E-state index in [1.807, 2.05) is 6.07 Å². The number of carbonyl (C=O) groups is 1. The molecule has 35 heavy (non-hydrogen) atoms. The molecule has 0 fully saturated rings. The Morgan fingerprint density at radius 1 is 1.11 bits per heavy atom. The fourth-order valence-corrected chi connectivity index (χ4v) is 4.37. The fourth-order valence-electron chi connectivity index (χ4n) is 3.36. The molecule has 1 amide bonds. The fraction of sp³-hybridized carbons (Fsp3) is 0.0909. The van der Waals surface area contributed by atoms with Gasteiger partial charge in [0.05, 0.1) is 39.4 Å². The van der Waals surface area contributed by atoms with E-state index in [0.717, 1.165) is 11.8 Å². The lowest BCUT2D eigenvalue weighted by Crippen LogP contribution is -2.14. The maximum atomic E-state index is 12.6. The number of imidazole rings is 1. The molecule has 0 unspecified atom stereocenters. The number of non-ortho nitro benzene ring substituents is 1. The van der Waals surface area contributed by atoms with Crippen molar-refractivity contribution in [2.45, 2.75) is 5.16 Å². The highest BCUT2D eigenvalue weighted by atomic mass is 35.5. The highest BCUT2D eigenvalue weighted by molar-refractivity contribution is 7.99. The van der Waals surface area contributed by atoms with E-state index in [2.05, 4.69) is 10.3 Å². The lowest BCUT2D eigenvalue weighted by atomic mass is 10.2. The molecule has 0 bridgehead atoms. The van der Waals surface area contributed by atoms with Crippen molar-refractivity contribution in [3.05, 3.63) is 85.9 Å². The van der Waals surface area contributed by atoms with E-state index in [4.69, 9.17) is 16.3 Å². The summed E-state index contributed by atoms with van der Waals surface area (Å²) in [5, 5.41) is 25.3. The average molecular weight is 514 g/mol. The molecule has 4 rings (SSSR count). The molecule has 1 aromatic heterocycles. The number of rotatable bonds is 8.